The number of carbonyl (C=O) groups is 1. The molecule has 1 aromatic rings. The van der Waals surface area contributed by atoms with Gasteiger partial charge in [-0.05, 0) is 19.1 Å². The summed E-state index contributed by atoms with van der Waals surface area (Å²) in [6.07, 6.45) is 0.0284. The highest BCUT2D eigenvalue weighted by Gasteiger charge is 2.27. The highest BCUT2D eigenvalue weighted by atomic mass is 16.5. The molecule has 5 nitrogen and oxygen atoms in total. The van der Waals surface area contributed by atoms with Crippen LogP contribution in [0.4, 0.5) is 5.69 Å². The molecule has 0 saturated carbocycles. The molecule has 1 fully saturated rings. The summed E-state index contributed by atoms with van der Waals surface area (Å²) in [5.74, 6) is 0.00358. The first kappa shape index (κ1) is 14.0. The lowest BCUT2D eigenvalue weighted by molar-refractivity contribution is -0.123. The number of carbonyl (C=O) groups excluding carboxylic acids is 1. The van der Waals surface area contributed by atoms with Crippen molar-refractivity contribution in [2.24, 2.45) is 5.73 Å². The predicted octanol–water partition coefficient (Wildman–Crippen LogP) is 0.673. The van der Waals surface area contributed by atoms with Crippen LogP contribution in [0.1, 0.15) is 6.92 Å². The summed E-state index contributed by atoms with van der Waals surface area (Å²) < 4.78 is 5.51. The van der Waals surface area contributed by atoms with Crippen LogP contribution in [0.15, 0.2) is 30.3 Å². The van der Waals surface area contributed by atoms with Gasteiger partial charge in [0.05, 0.1) is 18.8 Å². The summed E-state index contributed by atoms with van der Waals surface area (Å²) >= 11 is 0. The molecular formula is C14H21N3O2. The number of anilines is 1. The van der Waals surface area contributed by atoms with Crippen LogP contribution in [0.5, 0.6) is 0 Å². The third-order valence-corrected chi connectivity index (χ3v) is 3.40. The number of nitrogens with two attached hydrogens (primary N) is 1. The van der Waals surface area contributed by atoms with Crippen molar-refractivity contribution in [3.8, 4) is 0 Å². The fourth-order valence-corrected chi connectivity index (χ4v) is 2.17. The van der Waals surface area contributed by atoms with Crippen LogP contribution in [0.25, 0.3) is 0 Å². The zero-order valence-electron chi connectivity index (χ0n) is 11.2. The van der Waals surface area contributed by atoms with E-state index in [0.29, 0.717) is 19.7 Å². The normalized spacial score (nSPS) is 21.9. The molecular weight excluding hydrogens is 242 g/mol. The van der Waals surface area contributed by atoms with E-state index in [1.54, 1.807) is 0 Å². The maximum atomic E-state index is 12.2. The summed E-state index contributed by atoms with van der Waals surface area (Å²) in [5.41, 5.74) is 6.44. The molecule has 0 radical (unpaired) electrons. The van der Waals surface area contributed by atoms with Gasteiger partial charge in [-0.2, -0.15) is 0 Å². The van der Waals surface area contributed by atoms with E-state index in [2.05, 4.69) is 10.2 Å². The molecule has 19 heavy (non-hydrogen) atoms. The van der Waals surface area contributed by atoms with E-state index in [9.17, 15) is 4.79 Å². The van der Waals surface area contributed by atoms with Crippen molar-refractivity contribution in [1.82, 2.24) is 4.90 Å². The first-order valence-corrected chi connectivity index (χ1v) is 6.62. The van der Waals surface area contributed by atoms with Gasteiger partial charge in [-0.3, -0.25) is 9.69 Å². The number of ether oxygens (including phenoxy) is 1. The molecule has 5 heteroatoms. The maximum Gasteiger partial charge on any atom is 0.241 e. The van der Waals surface area contributed by atoms with E-state index in [4.69, 9.17) is 10.5 Å². The van der Waals surface area contributed by atoms with Gasteiger partial charge >= 0.3 is 0 Å². The Kier molecular flexibility index (Phi) is 4.90. The van der Waals surface area contributed by atoms with Crippen molar-refractivity contribution >= 4 is 11.6 Å². The third-order valence-electron chi connectivity index (χ3n) is 3.40. The molecule has 1 heterocycles. The van der Waals surface area contributed by atoms with Crippen molar-refractivity contribution in [3.63, 3.8) is 0 Å². The fraction of sp³-hybridized carbons (Fsp3) is 0.500. The summed E-state index contributed by atoms with van der Waals surface area (Å²) in [4.78, 5) is 14.3. The molecule has 1 amide bonds. The largest absolute Gasteiger partial charge is 0.374 e. The Morgan fingerprint density at radius 3 is 2.95 bits per heavy atom. The number of rotatable bonds is 4. The van der Waals surface area contributed by atoms with Gasteiger partial charge < -0.3 is 15.8 Å². The second-order valence-corrected chi connectivity index (χ2v) is 4.75. The summed E-state index contributed by atoms with van der Waals surface area (Å²) in [6, 6.07) is 9.31. The number of nitrogens with zero attached hydrogens (tertiary/aromatic N) is 1. The van der Waals surface area contributed by atoms with Crippen molar-refractivity contribution in [2.75, 3.05) is 31.6 Å². The quantitative estimate of drug-likeness (QED) is 0.838. The monoisotopic (exact) mass is 263 g/mol. The Balaban J connectivity index is 1.91. The molecule has 1 aliphatic heterocycles. The van der Waals surface area contributed by atoms with Crippen molar-refractivity contribution in [1.29, 1.82) is 0 Å². The Morgan fingerprint density at radius 2 is 2.26 bits per heavy atom. The minimum absolute atomic E-state index is 0.00358. The van der Waals surface area contributed by atoms with Gasteiger partial charge in [-0.1, -0.05) is 18.2 Å². The van der Waals surface area contributed by atoms with Crippen molar-refractivity contribution < 1.29 is 9.53 Å². The number of hydrogen-bond acceptors (Lipinski definition) is 4. The number of nitrogens with one attached hydrogen (secondary N) is 1. The van der Waals surface area contributed by atoms with E-state index in [1.807, 2.05) is 37.3 Å². The van der Waals surface area contributed by atoms with Gasteiger partial charge in [-0.25, -0.2) is 0 Å². The molecule has 2 unspecified atom stereocenters. The number of amides is 1. The number of morpholine rings is 1. The van der Waals surface area contributed by atoms with Gasteiger partial charge in [0.15, 0.2) is 0 Å². The van der Waals surface area contributed by atoms with Crippen LogP contribution < -0.4 is 11.1 Å². The van der Waals surface area contributed by atoms with Crippen LogP contribution in [0.3, 0.4) is 0 Å². The molecule has 0 bridgehead atoms. The molecule has 0 aliphatic carbocycles. The minimum Gasteiger partial charge on any atom is -0.374 e. The van der Waals surface area contributed by atoms with Gasteiger partial charge in [-0.15, -0.1) is 0 Å². The van der Waals surface area contributed by atoms with Crippen LogP contribution in [0, 0.1) is 0 Å². The highest BCUT2D eigenvalue weighted by molar-refractivity contribution is 5.94. The zero-order valence-corrected chi connectivity index (χ0v) is 11.2. The second-order valence-electron chi connectivity index (χ2n) is 4.75. The summed E-state index contributed by atoms with van der Waals surface area (Å²) in [6.45, 7) is 4.51. The van der Waals surface area contributed by atoms with Crippen LogP contribution >= 0.6 is 0 Å². The Hall–Kier alpha value is -1.43. The Morgan fingerprint density at radius 1 is 1.53 bits per heavy atom. The van der Waals surface area contributed by atoms with Gasteiger partial charge in [0.1, 0.15) is 0 Å². The van der Waals surface area contributed by atoms with E-state index >= 15 is 0 Å². The highest BCUT2D eigenvalue weighted by Crippen LogP contribution is 2.11. The molecule has 2 rings (SSSR count). The zero-order chi connectivity index (χ0) is 13.7. The second kappa shape index (κ2) is 6.65. The van der Waals surface area contributed by atoms with Gasteiger partial charge in [0, 0.05) is 25.3 Å². The van der Waals surface area contributed by atoms with Crippen LogP contribution in [-0.4, -0.2) is 49.2 Å². The number of para-hydroxylation sites is 1. The lowest BCUT2D eigenvalue weighted by Gasteiger charge is -2.35. The standard InChI is InChI=1S/C14H21N3O2/c1-11(17-7-8-19-13(9-15)10-17)14(18)16-12-5-3-2-4-6-12/h2-6,11,13H,7-10,15H2,1H3,(H,16,18). The lowest BCUT2D eigenvalue weighted by Crippen LogP contribution is -2.52. The molecule has 1 saturated heterocycles. The smallest absolute Gasteiger partial charge is 0.241 e. The average molecular weight is 263 g/mol. The van der Waals surface area contributed by atoms with Crippen LogP contribution in [0.2, 0.25) is 0 Å². The molecule has 0 aromatic heterocycles. The molecule has 2 atom stereocenters. The Labute approximate surface area is 113 Å². The molecule has 1 aromatic carbocycles. The van der Waals surface area contributed by atoms with Crippen molar-refractivity contribution in [2.45, 2.75) is 19.1 Å². The van der Waals surface area contributed by atoms with Crippen LogP contribution in [-0.2, 0) is 9.53 Å². The Bertz CT molecular complexity index is 410. The fourth-order valence-electron chi connectivity index (χ4n) is 2.17. The van der Waals surface area contributed by atoms with E-state index in [1.165, 1.54) is 0 Å². The SMILES string of the molecule is CC(C(=O)Nc1ccccc1)N1CCOC(CN)C1. The topological polar surface area (TPSA) is 67.6 Å². The molecule has 1 aliphatic rings. The van der Waals surface area contributed by atoms with Gasteiger partial charge in [0.2, 0.25) is 5.91 Å². The summed E-state index contributed by atoms with van der Waals surface area (Å²) in [7, 11) is 0. The summed E-state index contributed by atoms with van der Waals surface area (Å²) in [5, 5.41) is 2.92. The first-order valence-electron chi connectivity index (χ1n) is 6.62. The minimum atomic E-state index is -0.182. The first-order chi connectivity index (χ1) is 9.20. The maximum absolute atomic E-state index is 12.2. The lowest BCUT2D eigenvalue weighted by atomic mass is 10.2. The van der Waals surface area contributed by atoms with Crippen molar-refractivity contribution in [3.05, 3.63) is 30.3 Å². The van der Waals surface area contributed by atoms with Gasteiger partial charge in [0.25, 0.3) is 0 Å². The molecule has 0 spiro atoms. The van der Waals surface area contributed by atoms with E-state index in [0.717, 1.165) is 12.2 Å². The van der Waals surface area contributed by atoms with E-state index in [-0.39, 0.29) is 18.1 Å². The van der Waals surface area contributed by atoms with E-state index < -0.39 is 0 Å². The predicted molar refractivity (Wildman–Crippen MR) is 74.9 cm³/mol. The molecule has 3 N–H and O–H groups in total. The third kappa shape index (κ3) is 3.76. The molecule has 104 valence electrons. The number of benzene rings is 1. The number of hydrogen-bond donors (Lipinski definition) is 2. The average Bonchev–Trinajstić information content (AvgIpc) is 2.47.